The Morgan fingerprint density at radius 1 is 1.38 bits per heavy atom. The Morgan fingerprint density at radius 3 is 2.54 bits per heavy atom. The number of hydrogen-bond acceptors (Lipinski definition) is 3. The maximum absolute atomic E-state index is 10.8. The van der Waals surface area contributed by atoms with Gasteiger partial charge in [-0.2, -0.15) is 0 Å². The van der Waals surface area contributed by atoms with Gasteiger partial charge in [0.05, 0.1) is 0 Å². The van der Waals surface area contributed by atoms with Crippen LogP contribution in [0.25, 0.3) is 0 Å². The summed E-state index contributed by atoms with van der Waals surface area (Å²) in [4.78, 5) is 10.8. The molecule has 0 amide bonds. The van der Waals surface area contributed by atoms with E-state index in [4.69, 9.17) is 9.29 Å². The number of para-hydroxylation sites is 1. The second kappa shape index (κ2) is 4.74. The quantitative estimate of drug-likeness (QED) is 0.445. The molecule has 0 aliphatic rings. The molecule has 5 heteroatoms. The largest absolute Gasteiger partial charge is 0.426 e. The van der Waals surface area contributed by atoms with Crippen molar-refractivity contribution in [3.63, 3.8) is 0 Å². The Bertz CT molecular complexity index is 309. The molecule has 0 aromatic heterocycles. The Balaban J connectivity index is 2.50. The molecule has 0 saturated heterocycles. The van der Waals surface area contributed by atoms with Crippen molar-refractivity contribution in [3.05, 3.63) is 30.3 Å². The van der Waals surface area contributed by atoms with Crippen LogP contribution in [0.2, 0.25) is 0 Å². The highest BCUT2D eigenvalue weighted by Crippen LogP contribution is 2.08. The van der Waals surface area contributed by atoms with Crippen molar-refractivity contribution in [1.82, 2.24) is 0 Å². The molecule has 4 nitrogen and oxygen atoms in total. The zero-order valence-electron chi connectivity index (χ0n) is 6.67. The molecule has 13 heavy (non-hydrogen) atoms. The van der Waals surface area contributed by atoms with Crippen molar-refractivity contribution in [3.8, 4) is 5.75 Å². The highest BCUT2D eigenvalue weighted by atomic mass is 32.2. The van der Waals surface area contributed by atoms with E-state index in [0.29, 0.717) is 5.75 Å². The van der Waals surface area contributed by atoms with Gasteiger partial charge in [-0.1, -0.05) is 18.2 Å². The minimum atomic E-state index is -2.14. The van der Waals surface area contributed by atoms with E-state index in [0.717, 1.165) is 0 Å². The van der Waals surface area contributed by atoms with Gasteiger partial charge in [0.15, 0.2) is 11.1 Å². The van der Waals surface area contributed by atoms with Crippen LogP contribution in [0.3, 0.4) is 0 Å². The first kappa shape index (κ1) is 9.88. The fourth-order valence-electron chi connectivity index (χ4n) is 0.750. The molecule has 70 valence electrons. The van der Waals surface area contributed by atoms with Crippen LogP contribution in [-0.2, 0) is 15.9 Å². The van der Waals surface area contributed by atoms with E-state index < -0.39 is 22.8 Å². The summed E-state index contributed by atoms with van der Waals surface area (Å²) in [6, 6.07) is 8.38. The van der Waals surface area contributed by atoms with E-state index >= 15 is 0 Å². The van der Waals surface area contributed by atoms with Gasteiger partial charge in [-0.25, -0.2) is 4.21 Å². The number of rotatable bonds is 3. The summed E-state index contributed by atoms with van der Waals surface area (Å²) >= 11 is -2.14. The zero-order chi connectivity index (χ0) is 9.68. The van der Waals surface area contributed by atoms with Gasteiger partial charge < -0.3 is 9.29 Å². The molecule has 1 unspecified atom stereocenters. The van der Waals surface area contributed by atoms with Crippen molar-refractivity contribution < 1.29 is 18.3 Å². The fourth-order valence-corrected chi connectivity index (χ4v) is 1.01. The lowest BCUT2D eigenvalue weighted by Gasteiger charge is -2.00. The Kier molecular flexibility index (Phi) is 3.60. The normalized spacial score (nSPS) is 12.1. The summed E-state index contributed by atoms with van der Waals surface area (Å²) in [5.74, 6) is -0.848. The van der Waals surface area contributed by atoms with E-state index in [1.54, 1.807) is 30.3 Å². The topological polar surface area (TPSA) is 63.6 Å². The van der Waals surface area contributed by atoms with Crippen LogP contribution < -0.4 is 4.74 Å². The molecule has 1 N–H and O–H groups in total. The first-order valence-corrected chi connectivity index (χ1v) is 4.79. The second-order valence-corrected chi connectivity index (χ2v) is 3.18. The number of carbonyl (C=O) groups excluding carboxylic acids is 1. The van der Waals surface area contributed by atoms with E-state index in [2.05, 4.69) is 0 Å². The minimum Gasteiger partial charge on any atom is -0.426 e. The standard InChI is InChI=1S/C8H8O4S/c9-8(6-13(10)11)12-7-4-2-1-3-5-7/h1-5H,6H2,(H,10,11). The lowest BCUT2D eigenvalue weighted by Crippen LogP contribution is -2.16. The van der Waals surface area contributed by atoms with Gasteiger partial charge in [-0.15, -0.1) is 0 Å². The molecule has 0 heterocycles. The number of benzene rings is 1. The highest BCUT2D eigenvalue weighted by Gasteiger charge is 2.07. The predicted octanol–water partition coefficient (Wildman–Crippen LogP) is 0.814. The molecule has 0 saturated carbocycles. The third kappa shape index (κ3) is 3.82. The number of esters is 1. The molecule has 1 rings (SSSR count). The summed E-state index contributed by atoms with van der Waals surface area (Å²) in [7, 11) is 0. The summed E-state index contributed by atoms with van der Waals surface area (Å²) in [6.45, 7) is 0. The highest BCUT2D eigenvalue weighted by molar-refractivity contribution is 7.80. The van der Waals surface area contributed by atoms with Crippen molar-refractivity contribution in [2.75, 3.05) is 5.75 Å². The first-order valence-electron chi connectivity index (χ1n) is 3.51. The van der Waals surface area contributed by atoms with Crippen LogP contribution in [0.15, 0.2) is 30.3 Å². The summed E-state index contributed by atoms with van der Waals surface area (Å²) < 4.78 is 23.3. The monoisotopic (exact) mass is 200 g/mol. The summed E-state index contributed by atoms with van der Waals surface area (Å²) in [5, 5.41) is 0. The maximum Gasteiger partial charge on any atom is 0.326 e. The molecular weight excluding hydrogens is 192 g/mol. The minimum absolute atomic E-state index is 0.373. The smallest absolute Gasteiger partial charge is 0.326 e. The van der Waals surface area contributed by atoms with Gasteiger partial charge in [0, 0.05) is 0 Å². The molecule has 0 aliphatic carbocycles. The predicted molar refractivity (Wildman–Crippen MR) is 47.7 cm³/mol. The van der Waals surface area contributed by atoms with E-state index in [1.807, 2.05) is 0 Å². The number of carbonyl (C=O) groups is 1. The molecule has 1 atom stereocenters. The Hall–Kier alpha value is -1.20. The van der Waals surface area contributed by atoms with Crippen LogP contribution in [0.4, 0.5) is 0 Å². The molecule has 0 fully saturated rings. The molecule has 0 spiro atoms. The first-order chi connectivity index (χ1) is 6.18. The number of hydrogen-bond donors (Lipinski definition) is 1. The van der Waals surface area contributed by atoms with Gasteiger partial charge in [0.1, 0.15) is 11.5 Å². The van der Waals surface area contributed by atoms with E-state index in [9.17, 15) is 9.00 Å². The third-order valence-electron chi connectivity index (χ3n) is 1.22. The second-order valence-electron chi connectivity index (χ2n) is 2.25. The van der Waals surface area contributed by atoms with Gasteiger partial charge >= 0.3 is 5.97 Å². The molecule has 0 bridgehead atoms. The van der Waals surface area contributed by atoms with E-state index in [-0.39, 0.29) is 0 Å². The third-order valence-corrected chi connectivity index (χ3v) is 1.70. The van der Waals surface area contributed by atoms with Gasteiger partial charge in [-0.05, 0) is 12.1 Å². The van der Waals surface area contributed by atoms with Gasteiger partial charge in [0.2, 0.25) is 0 Å². The Morgan fingerprint density at radius 2 is 2.00 bits per heavy atom. The Labute approximate surface area is 77.8 Å². The molecule has 0 aliphatic heterocycles. The average Bonchev–Trinajstić information content (AvgIpc) is 2.04. The summed E-state index contributed by atoms with van der Waals surface area (Å²) in [5.41, 5.74) is 0. The van der Waals surface area contributed by atoms with E-state index in [1.165, 1.54) is 0 Å². The molecule has 0 radical (unpaired) electrons. The van der Waals surface area contributed by atoms with Gasteiger partial charge in [-0.3, -0.25) is 4.79 Å². The van der Waals surface area contributed by atoms with Crippen LogP contribution >= 0.6 is 0 Å². The molecule has 1 aromatic rings. The zero-order valence-corrected chi connectivity index (χ0v) is 7.49. The van der Waals surface area contributed by atoms with Crippen LogP contribution in [0.1, 0.15) is 0 Å². The average molecular weight is 200 g/mol. The molecule has 1 aromatic carbocycles. The van der Waals surface area contributed by atoms with Crippen molar-refractivity contribution in [2.45, 2.75) is 0 Å². The lowest BCUT2D eigenvalue weighted by atomic mass is 10.3. The van der Waals surface area contributed by atoms with Crippen LogP contribution in [0, 0.1) is 0 Å². The van der Waals surface area contributed by atoms with Crippen molar-refractivity contribution >= 4 is 17.0 Å². The van der Waals surface area contributed by atoms with Gasteiger partial charge in [0.25, 0.3) is 0 Å². The lowest BCUT2D eigenvalue weighted by molar-refractivity contribution is -0.131. The molecular formula is C8H8O4S. The summed E-state index contributed by atoms with van der Waals surface area (Å²) in [6.07, 6.45) is 0. The number of ether oxygens (including phenoxy) is 1. The van der Waals surface area contributed by atoms with Crippen LogP contribution in [0.5, 0.6) is 5.75 Å². The van der Waals surface area contributed by atoms with Crippen LogP contribution in [-0.4, -0.2) is 20.5 Å². The fraction of sp³-hybridized carbons (Fsp3) is 0.125. The van der Waals surface area contributed by atoms with Crippen molar-refractivity contribution in [2.24, 2.45) is 0 Å². The van der Waals surface area contributed by atoms with Crippen molar-refractivity contribution in [1.29, 1.82) is 0 Å². The SMILES string of the molecule is O=C(CS(=O)O)Oc1ccccc1. The maximum atomic E-state index is 10.8.